The maximum Gasteiger partial charge on any atom is 0.241 e. The average Bonchev–Trinajstić information content (AvgIpc) is 2.94. The predicted molar refractivity (Wildman–Crippen MR) is 72.9 cm³/mol. The van der Waals surface area contributed by atoms with Gasteiger partial charge in [-0.25, -0.2) is 9.97 Å². The molecule has 19 heavy (non-hydrogen) atoms. The van der Waals surface area contributed by atoms with Gasteiger partial charge >= 0.3 is 0 Å². The standard InChI is InChI=1S/C13H17N5O/c1-2-3-11(14)13(19)17-10-4-5-12(16-8-10)18-7-6-15-9-18/h4-9,11H,2-3,14H2,1H3,(H,17,19). The molecule has 0 fully saturated rings. The summed E-state index contributed by atoms with van der Waals surface area (Å²) < 4.78 is 1.79. The maximum absolute atomic E-state index is 11.7. The van der Waals surface area contributed by atoms with Crippen LogP contribution in [0.5, 0.6) is 0 Å². The molecule has 1 atom stereocenters. The first-order chi connectivity index (χ1) is 9.20. The lowest BCUT2D eigenvalue weighted by molar-refractivity contribution is -0.117. The smallest absolute Gasteiger partial charge is 0.241 e. The van der Waals surface area contributed by atoms with Crippen molar-refractivity contribution >= 4 is 11.6 Å². The molecule has 0 aromatic carbocycles. The fourth-order valence-electron chi connectivity index (χ4n) is 1.68. The molecule has 100 valence electrons. The summed E-state index contributed by atoms with van der Waals surface area (Å²) in [5.74, 6) is 0.562. The van der Waals surface area contributed by atoms with Crippen LogP contribution in [0.15, 0.2) is 37.1 Å². The first-order valence-electron chi connectivity index (χ1n) is 6.21. The Morgan fingerprint density at radius 3 is 2.95 bits per heavy atom. The van der Waals surface area contributed by atoms with Gasteiger partial charge in [0.05, 0.1) is 17.9 Å². The molecule has 0 bridgehead atoms. The maximum atomic E-state index is 11.7. The number of nitrogens with two attached hydrogens (primary N) is 1. The van der Waals surface area contributed by atoms with E-state index in [9.17, 15) is 4.79 Å². The number of amides is 1. The molecule has 2 aromatic heterocycles. The van der Waals surface area contributed by atoms with Gasteiger partial charge in [0, 0.05) is 12.4 Å². The Morgan fingerprint density at radius 2 is 2.37 bits per heavy atom. The second kappa shape index (κ2) is 6.10. The van der Waals surface area contributed by atoms with Crippen molar-refractivity contribution in [1.82, 2.24) is 14.5 Å². The number of hydrogen-bond acceptors (Lipinski definition) is 4. The molecule has 0 radical (unpaired) electrons. The van der Waals surface area contributed by atoms with Crippen molar-refractivity contribution in [3.63, 3.8) is 0 Å². The normalized spacial score (nSPS) is 12.1. The number of anilines is 1. The topological polar surface area (TPSA) is 85.8 Å². The van der Waals surface area contributed by atoms with Crippen molar-refractivity contribution in [2.24, 2.45) is 5.73 Å². The van der Waals surface area contributed by atoms with E-state index in [0.29, 0.717) is 12.1 Å². The SMILES string of the molecule is CCCC(N)C(=O)Nc1ccc(-n2ccnc2)nc1. The van der Waals surface area contributed by atoms with Crippen LogP contribution in [0.3, 0.4) is 0 Å². The van der Waals surface area contributed by atoms with Gasteiger partial charge in [0.15, 0.2) is 0 Å². The van der Waals surface area contributed by atoms with E-state index in [4.69, 9.17) is 5.73 Å². The summed E-state index contributed by atoms with van der Waals surface area (Å²) in [6, 6.07) is 3.12. The monoisotopic (exact) mass is 259 g/mol. The molecule has 6 nitrogen and oxygen atoms in total. The average molecular weight is 259 g/mol. The molecule has 0 saturated heterocycles. The molecule has 0 spiro atoms. The lowest BCUT2D eigenvalue weighted by Crippen LogP contribution is -2.35. The minimum absolute atomic E-state index is 0.181. The zero-order chi connectivity index (χ0) is 13.7. The van der Waals surface area contributed by atoms with E-state index in [0.717, 1.165) is 12.2 Å². The molecule has 3 N–H and O–H groups in total. The Balaban J connectivity index is 2.01. The van der Waals surface area contributed by atoms with Gasteiger partial charge in [0.2, 0.25) is 5.91 Å². The van der Waals surface area contributed by atoms with Crippen molar-refractivity contribution in [1.29, 1.82) is 0 Å². The van der Waals surface area contributed by atoms with E-state index < -0.39 is 6.04 Å². The van der Waals surface area contributed by atoms with Gasteiger partial charge in [-0.1, -0.05) is 13.3 Å². The minimum atomic E-state index is -0.474. The highest BCUT2D eigenvalue weighted by atomic mass is 16.2. The van der Waals surface area contributed by atoms with Crippen molar-refractivity contribution in [2.75, 3.05) is 5.32 Å². The van der Waals surface area contributed by atoms with Crippen molar-refractivity contribution < 1.29 is 4.79 Å². The number of carbonyl (C=O) groups is 1. The summed E-state index contributed by atoms with van der Waals surface area (Å²) in [6.07, 6.45) is 8.31. The third-order valence-electron chi connectivity index (χ3n) is 2.72. The second-order valence-electron chi connectivity index (χ2n) is 4.26. The Bertz CT molecular complexity index is 520. The second-order valence-corrected chi connectivity index (χ2v) is 4.26. The Hall–Kier alpha value is -2.21. The highest BCUT2D eigenvalue weighted by Gasteiger charge is 2.12. The number of nitrogens with one attached hydrogen (secondary N) is 1. The van der Waals surface area contributed by atoms with Gasteiger partial charge in [-0.15, -0.1) is 0 Å². The van der Waals surface area contributed by atoms with Crippen LogP contribution >= 0.6 is 0 Å². The van der Waals surface area contributed by atoms with Gasteiger partial charge in [-0.3, -0.25) is 9.36 Å². The number of nitrogens with zero attached hydrogens (tertiary/aromatic N) is 3. The fraction of sp³-hybridized carbons (Fsp3) is 0.308. The number of aromatic nitrogens is 3. The van der Waals surface area contributed by atoms with Crippen LogP contribution in [0.25, 0.3) is 5.82 Å². The molecule has 0 aliphatic rings. The molecule has 2 heterocycles. The molecule has 1 amide bonds. The Labute approximate surface area is 111 Å². The number of rotatable bonds is 5. The summed E-state index contributed by atoms with van der Waals surface area (Å²) in [6.45, 7) is 1.99. The Kier molecular flexibility index (Phi) is 4.25. The quantitative estimate of drug-likeness (QED) is 0.848. The number of imidazole rings is 1. The van der Waals surface area contributed by atoms with Crippen molar-refractivity contribution in [3.05, 3.63) is 37.1 Å². The van der Waals surface area contributed by atoms with Crippen molar-refractivity contribution in [3.8, 4) is 5.82 Å². The van der Waals surface area contributed by atoms with Crippen LogP contribution in [0, 0.1) is 0 Å². The molecule has 2 aromatic rings. The van der Waals surface area contributed by atoms with Crippen LogP contribution in [0.4, 0.5) is 5.69 Å². The van der Waals surface area contributed by atoms with E-state index in [1.165, 1.54) is 0 Å². The van der Waals surface area contributed by atoms with E-state index >= 15 is 0 Å². The van der Waals surface area contributed by atoms with E-state index in [2.05, 4.69) is 15.3 Å². The molecule has 6 heteroatoms. The number of carbonyl (C=O) groups excluding carboxylic acids is 1. The van der Waals surface area contributed by atoms with Crippen LogP contribution in [0.1, 0.15) is 19.8 Å². The summed E-state index contributed by atoms with van der Waals surface area (Å²) in [5, 5.41) is 2.75. The van der Waals surface area contributed by atoms with Crippen molar-refractivity contribution in [2.45, 2.75) is 25.8 Å². The molecular weight excluding hydrogens is 242 g/mol. The molecule has 0 saturated carbocycles. The van der Waals surface area contributed by atoms with E-state index in [1.54, 1.807) is 35.6 Å². The van der Waals surface area contributed by atoms with E-state index in [1.807, 2.05) is 13.0 Å². The molecular formula is C13H17N5O. The molecule has 0 aliphatic heterocycles. The number of pyridine rings is 1. The first-order valence-corrected chi connectivity index (χ1v) is 6.21. The summed E-state index contributed by atoms with van der Waals surface area (Å²) in [4.78, 5) is 19.9. The lowest BCUT2D eigenvalue weighted by Gasteiger charge is -2.11. The third kappa shape index (κ3) is 3.38. The van der Waals surface area contributed by atoms with Crippen LogP contribution in [-0.4, -0.2) is 26.5 Å². The molecule has 0 aliphatic carbocycles. The van der Waals surface area contributed by atoms with Gasteiger partial charge in [0.25, 0.3) is 0 Å². The zero-order valence-electron chi connectivity index (χ0n) is 10.8. The summed E-state index contributed by atoms with van der Waals surface area (Å²) in [5.41, 5.74) is 6.38. The van der Waals surface area contributed by atoms with Gasteiger partial charge in [0.1, 0.15) is 12.1 Å². The largest absolute Gasteiger partial charge is 0.323 e. The predicted octanol–water partition coefficient (Wildman–Crippen LogP) is 1.33. The van der Waals surface area contributed by atoms with Crippen LogP contribution < -0.4 is 11.1 Å². The molecule has 1 unspecified atom stereocenters. The lowest BCUT2D eigenvalue weighted by atomic mass is 10.1. The molecule has 2 rings (SSSR count). The summed E-state index contributed by atoms with van der Waals surface area (Å²) >= 11 is 0. The van der Waals surface area contributed by atoms with Crippen LogP contribution in [0.2, 0.25) is 0 Å². The van der Waals surface area contributed by atoms with Gasteiger partial charge in [-0.2, -0.15) is 0 Å². The summed E-state index contributed by atoms with van der Waals surface area (Å²) in [7, 11) is 0. The Morgan fingerprint density at radius 1 is 1.53 bits per heavy atom. The van der Waals surface area contributed by atoms with Gasteiger partial charge < -0.3 is 11.1 Å². The first kappa shape index (κ1) is 13.2. The highest BCUT2D eigenvalue weighted by molar-refractivity contribution is 5.94. The van der Waals surface area contributed by atoms with Gasteiger partial charge in [-0.05, 0) is 18.6 Å². The minimum Gasteiger partial charge on any atom is -0.323 e. The number of hydrogen-bond donors (Lipinski definition) is 2. The van der Waals surface area contributed by atoms with Crippen LogP contribution in [-0.2, 0) is 4.79 Å². The fourth-order valence-corrected chi connectivity index (χ4v) is 1.68. The van der Waals surface area contributed by atoms with E-state index in [-0.39, 0.29) is 5.91 Å². The third-order valence-corrected chi connectivity index (χ3v) is 2.72. The zero-order valence-corrected chi connectivity index (χ0v) is 10.8. The highest BCUT2D eigenvalue weighted by Crippen LogP contribution is 2.10.